The number of nitro benzene ring substituents is 1. The Kier molecular flexibility index (Phi) is 5.91. The number of aryl methyl sites for hydroxylation is 1. The monoisotopic (exact) mass is 299 g/mol. The number of hydrogen-bond donors (Lipinski definition) is 2. The van der Waals surface area contributed by atoms with Gasteiger partial charge in [-0.2, -0.15) is 0 Å². The van der Waals surface area contributed by atoms with Crippen molar-refractivity contribution in [3.05, 3.63) is 32.8 Å². The largest absolute Gasteiger partial charge is 0.326 e. The number of hydrogen-bond acceptors (Lipinski definition) is 4. The zero-order valence-electron chi connectivity index (χ0n) is 11.7. The van der Waals surface area contributed by atoms with E-state index in [1.807, 2.05) is 13.8 Å². The fraction of sp³-hybridized carbons (Fsp3) is 0.462. The first-order valence-corrected chi connectivity index (χ1v) is 6.67. The van der Waals surface area contributed by atoms with Crippen molar-refractivity contribution in [3.8, 4) is 0 Å². The van der Waals surface area contributed by atoms with Crippen molar-refractivity contribution >= 4 is 28.9 Å². The van der Waals surface area contributed by atoms with E-state index in [0.29, 0.717) is 30.3 Å². The van der Waals surface area contributed by atoms with Crippen molar-refractivity contribution in [2.45, 2.75) is 33.2 Å². The molecule has 1 aromatic carbocycles. The van der Waals surface area contributed by atoms with Crippen LogP contribution in [0.25, 0.3) is 0 Å². The van der Waals surface area contributed by atoms with Crippen LogP contribution in [0.3, 0.4) is 0 Å². The third-order valence-electron chi connectivity index (χ3n) is 2.67. The second kappa shape index (κ2) is 7.21. The molecule has 0 saturated heterocycles. The van der Waals surface area contributed by atoms with Crippen LogP contribution in [0.4, 0.5) is 11.4 Å². The Bertz CT molecular complexity index is 518. The van der Waals surface area contributed by atoms with Gasteiger partial charge in [0.15, 0.2) is 0 Å². The normalized spacial score (nSPS) is 10.7. The molecule has 0 atom stereocenters. The van der Waals surface area contributed by atoms with Gasteiger partial charge in [-0.05, 0) is 18.6 Å². The highest BCUT2D eigenvalue weighted by Crippen LogP contribution is 2.30. The van der Waals surface area contributed by atoms with Crippen molar-refractivity contribution in [2.24, 2.45) is 0 Å². The van der Waals surface area contributed by atoms with Crippen LogP contribution in [0.1, 0.15) is 25.8 Å². The van der Waals surface area contributed by atoms with Crippen molar-refractivity contribution in [2.75, 3.05) is 11.9 Å². The molecule has 0 aliphatic rings. The van der Waals surface area contributed by atoms with Gasteiger partial charge in [-0.15, -0.1) is 0 Å². The molecule has 1 rings (SSSR count). The van der Waals surface area contributed by atoms with E-state index in [1.165, 1.54) is 12.1 Å². The van der Waals surface area contributed by atoms with Gasteiger partial charge in [0.05, 0.1) is 4.92 Å². The molecule has 20 heavy (non-hydrogen) atoms. The van der Waals surface area contributed by atoms with Gasteiger partial charge in [0.25, 0.3) is 5.69 Å². The van der Waals surface area contributed by atoms with E-state index >= 15 is 0 Å². The maximum atomic E-state index is 11.7. The Morgan fingerprint density at radius 2 is 2.10 bits per heavy atom. The quantitative estimate of drug-likeness (QED) is 0.625. The molecule has 0 heterocycles. The molecular formula is C13H18ClN3O3. The molecule has 0 aliphatic heterocycles. The lowest BCUT2D eigenvalue weighted by molar-refractivity contribution is -0.384. The van der Waals surface area contributed by atoms with Crippen molar-refractivity contribution in [3.63, 3.8) is 0 Å². The lowest BCUT2D eigenvalue weighted by Crippen LogP contribution is -2.27. The Labute approximate surface area is 122 Å². The molecule has 0 spiro atoms. The molecule has 0 aromatic heterocycles. The van der Waals surface area contributed by atoms with Gasteiger partial charge in [-0.25, -0.2) is 0 Å². The minimum absolute atomic E-state index is 0.0104. The molecule has 0 aliphatic carbocycles. The molecule has 0 saturated carbocycles. The first kappa shape index (κ1) is 16.4. The average molecular weight is 300 g/mol. The highest BCUT2D eigenvalue weighted by Gasteiger charge is 2.16. The van der Waals surface area contributed by atoms with Crippen LogP contribution in [-0.2, 0) is 4.79 Å². The topological polar surface area (TPSA) is 84.3 Å². The SMILES string of the molecule is Cc1cc([N+](=O)[O-])c(Cl)cc1NC(=O)CCNC(C)C. The number of anilines is 1. The summed E-state index contributed by atoms with van der Waals surface area (Å²) in [5, 5.41) is 16.6. The van der Waals surface area contributed by atoms with Gasteiger partial charge >= 0.3 is 0 Å². The van der Waals surface area contributed by atoms with E-state index in [1.54, 1.807) is 6.92 Å². The number of halogens is 1. The summed E-state index contributed by atoms with van der Waals surface area (Å²) in [6.45, 7) is 6.25. The van der Waals surface area contributed by atoms with Crippen LogP contribution in [0, 0.1) is 17.0 Å². The number of nitrogens with zero attached hydrogens (tertiary/aromatic N) is 1. The summed E-state index contributed by atoms with van der Waals surface area (Å²) in [7, 11) is 0. The van der Waals surface area contributed by atoms with Crippen molar-refractivity contribution in [1.82, 2.24) is 5.32 Å². The van der Waals surface area contributed by atoms with E-state index in [9.17, 15) is 14.9 Å². The highest BCUT2D eigenvalue weighted by molar-refractivity contribution is 6.33. The van der Waals surface area contributed by atoms with Gasteiger partial charge in [-0.1, -0.05) is 25.4 Å². The lowest BCUT2D eigenvalue weighted by Gasteiger charge is -2.10. The molecule has 0 fully saturated rings. The molecule has 7 heteroatoms. The van der Waals surface area contributed by atoms with Crippen LogP contribution in [0.2, 0.25) is 5.02 Å². The Morgan fingerprint density at radius 1 is 1.45 bits per heavy atom. The molecule has 0 radical (unpaired) electrons. The number of benzene rings is 1. The van der Waals surface area contributed by atoms with Gasteiger partial charge in [0.1, 0.15) is 5.02 Å². The van der Waals surface area contributed by atoms with Crippen LogP contribution in [0.15, 0.2) is 12.1 Å². The third-order valence-corrected chi connectivity index (χ3v) is 2.97. The van der Waals surface area contributed by atoms with Crippen LogP contribution in [-0.4, -0.2) is 23.4 Å². The number of carbonyl (C=O) groups is 1. The third kappa shape index (κ3) is 4.79. The first-order chi connectivity index (χ1) is 9.31. The molecular weight excluding hydrogens is 282 g/mol. The van der Waals surface area contributed by atoms with E-state index in [-0.39, 0.29) is 16.6 Å². The summed E-state index contributed by atoms with van der Waals surface area (Å²) in [5.74, 6) is -0.161. The van der Waals surface area contributed by atoms with E-state index in [0.717, 1.165) is 0 Å². The molecule has 2 N–H and O–H groups in total. The second-order valence-corrected chi connectivity index (χ2v) is 5.19. The lowest BCUT2D eigenvalue weighted by atomic mass is 10.1. The second-order valence-electron chi connectivity index (χ2n) is 4.78. The summed E-state index contributed by atoms with van der Waals surface area (Å²) < 4.78 is 0. The summed E-state index contributed by atoms with van der Waals surface area (Å²) >= 11 is 5.82. The molecule has 0 unspecified atom stereocenters. The molecule has 0 bridgehead atoms. The smallest absolute Gasteiger partial charge is 0.288 e. The number of rotatable bonds is 6. The minimum atomic E-state index is -0.548. The standard InChI is InChI=1S/C13H18ClN3O3/c1-8(2)15-5-4-13(18)16-11-7-10(14)12(17(19)20)6-9(11)3/h6-8,15H,4-5H2,1-3H3,(H,16,18). The van der Waals surface area contributed by atoms with Gasteiger partial charge in [0.2, 0.25) is 5.91 Å². The maximum absolute atomic E-state index is 11.7. The predicted molar refractivity (Wildman–Crippen MR) is 79.2 cm³/mol. The highest BCUT2D eigenvalue weighted by atomic mass is 35.5. The summed E-state index contributed by atoms with van der Waals surface area (Å²) in [4.78, 5) is 21.9. The zero-order valence-corrected chi connectivity index (χ0v) is 12.5. The summed E-state index contributed by atoms with van der Waals surface area (Å²) in [6, 6.07) is 3.07. The van der Waals surface area contributed by atoms with Gasteiger partial charge in [0, 0.05) is 30.8 Å². The van der Waals surface area contributed by atoms with Crippen LogP contribution in [0.5, 0.6) is 0 Å². The molecule has 6 nitrogen and oxygen atoms in total. The number of amides is 1. The average Bonchev–Trinajstić information content (AvgIpc) is 2.32. The van der Waals surface area contributed by atoms with Gasteiger partial charge < -0.3 is 10.6 Å². The Balaban J connectivity index is 2.71. The molecule has 110 valence electrons. The van der Waals surface area contributed by atoms with E-state index in [4.69, 9.17) is 11.6 Å². The Morgan fingerprint density at radius 3 is 2.65 bits per heavy atom. The van der Waals surface area contributed by atoms with Gasteiger partial charge in [-0.3, -0.25) is 14.9 Å². The minimum Gasteiger partial charge on any atom is -0.326 e. The summed E-state index contributed by atoms with van der Waals surface area (Å²) in [6.07, 6.45) is 0.326. The fourth-order valence-corrected chi connectivity index (χ4v) is 1.86. The maximum Gasteiger partial charge on any atom is 0.288 e. The van der Waals surface area contributed by atoms with E-state index in [2.05, 4.69) is 10.6 Å². The predicted octanol–water partition coefficient (Wildman–Crippen LogP) is 2.88. The Hall–Kier alpha value is -1.66. The van der Waals surface area contributed by atoms with E-state index < -0.39 is 4.92 Å². The first-order valence-electron chi connectivity index (χ1n) is 6.29. The molecule has 1 aromatic rings. The number of carbonyl (C=O) groups excluding carboxylic acids is 1. The summed E-state index contributed by atoms with van der Waals surface area (Å²) in [5.41, 5.74) is 0.935. The number of nitrogens with one attached hydrogen (secondary N) is 2. The van der Waals surface area contributed by atoms with Crippen LogP contribution >= 0.6 is 11.6 Å². The van der Waals surface area contributed by atoms with Crippen molar-refractivity contribution < 1.29 is 9.72 Å². The molecule has 1 amide bonds. The number of nitro groups is 1. The van der Waals surface area contributed by atoms with Crippen LogP contribution < -0.4 is 10.6 Å². The van der Waals surface area contributed by atoms with Crippen molar-refractivity contribution in [1.29, 1.82) is 0 Å². The zero-order chi connectivity index (χ0) is 15.3. The fourth-order valence-electron chi connectivity index (χ4n) is 1.63.